The van der Waals surface area contributed by atoms with E-state index in [4.69, 9.17) is 5.11 Å². The number of nitrogens with one attached hydrogen (secondary N) is 1. The van der Waals surface area contributed by atoms with Crippen LogP contribution in [0.2, 0.25) is 0 Å². The Balaban J connectivity index is 1.65. The van der Waals surface area contributed by atoms with Crippen LogP contribution in [0.3, 0.4) is 0 Å². The van der Waals surface area contributed by atoms with Crippen LogP contribution in [0.25, 0.3) is 0 Å². The van der Waals surface area contributed by atoms with Gasteiger partial charge in [-0.2, -0.15) is 0 Å². The van der Waals surface area contributed by atoms with Crippen LogP contribution in [-0.4, -0.2) is 48.2 Å². The maximum Gasteiger partial charge on any atom is 0.234 e. The lowest BCUT2D eigenvalue weighted by molar-refractivity contribution is -0.122. The summed E-state index contributed by atoms with van der Waals surface area (Å²) in [6, 6.07) is 0.419. The molecule has 104 valence electrons. The predicted octanol–water partition coefficient (Wildman–Crippen LogP) is 1.14. The maximum absolute atomic E-state index is 11.9. The van der Waals surface area contributed by atoms with E-state index in [9.17, 15) is 4.79 Å². The molecule has 2 fully saturated rings. The molecular formula is C14H26N2O2. The number of aliphatic hydroxyl groups is 1. The van der Waals surface area contributed by atoms with E-state index in [1.165, 1.54) is 19.3 Å². The van der Waals surface area contributed by atoms with E-state index in [1.807, 2.05) is 0 Å². The van der Waals surface area contributed by atoms with E-state index in [2.05, 4.69) is 10.2 Å². The number of likely N-dealkylation sites (tertiary alicyclic amines) is 1. The quantitative estimate of drug-likeness (QED) is 0.773. The molecule has 1 unspecified atom stereocenters. The summed E-state index contributed by atoms with van der Waals surface area (Å²) in [5.41, 5.74) is 0. The van der Waals surface area contributed by atoms with E-state index in [0.29, 0.717) is 18.5 Å². The van der Waals surface area contributed by atoms with Gasteiger partial charge in [0.2, 0.25) is 5.91 Å². The van der Waals surface area contributed by atoms with Crippen molar-refractivity contribution < 1.29 is 9.90 Å². The highest BCUT2D eigenvalue weighted by molar-refractivity contribution is 5.78. The molecule has 1 saturated carbocycles. The molecule has 0 radical (unpaired) electrons. The molecule has 18 heavy (non-hydrogen) atoms. The van der Waals surface area contributed by atoms with Gasteiger partial charge in [-0.15, -0.1) is 0 Å². The smallest absolute Gasteiger partial charge is 0.234 e. The minimum absolute atomic E-state index is 0.187. The molecule has 0 bridgehead atoms. The number of carbonyl (C=O) groups is 1. The Morgan fingerprint density at radius 1 is 1.22 bits per heavy atom. The van der Waals surface area contributed by atoms with Crippen molar-refractivity contribution in [3.63, 3.8) is 0 Å². The van der Waals surface area contributed by atoms with Gasteiger partial charge in [0.05, 0.1) is 6.54 Å². The predicted molar refractivity (Wildman–Crippen MR) is 71.3 cm³/mol. The summed E-state index contributed by atoms with van der Waals surface area (Å²) in [5, 5.41) is 12.1. The van der Waals surface area contributed by atoms with Crippen molar-refractivity contribution in [3.8, 4) is 0 Å². The highest BCUT2D eigenvalue weighted by Crippen LogP contribution is 2.19. The summed E-state index contributed by atoms with van der Waals surface area (Å²) in [5.74, 6) is 0.768. The average Bonchev–Trinajstić information content (AvgIpc) is 2.78. The van der Waals surface area contributed by atoms with E-state index < -0.39 is 0 Å². The SMILES string of the molecule is O=C(CN1CCC(CCO)C1)NC1CCCCC1. The van der Waals surface area contributed by atoms with Gasteiger partial charge < -0.3 is 10.4 Å². The third kappa shape index (κ3) is 4.25. The zero-order valence-corrected chi connectivity index (χ0v) is 11.2. The van der Waals surface area contributed by atoms with Crippen LogP contribution in [0.5, 0.6) is 0 Å². The van der Waals surface area contributed by atoms with Crippen molar-refractivity contribution in [3.05, 3.63) is 0 Å². The first-order valence-electron chi connectivity index (χ1n) is 7.40. The largest absolute Gasteiger partial charge is 0.396 e. The monoisotopic (exact) mass is 254 g/mol. The van der Waals surface area contributed by atoms with Crippen molar-refractivity contribution in [1.29, 1.82) is 0 Å². The first-order chi connectivity index (χ1) is 8.78. The highest BCUT2D eigenvalue weighted by Gasteiger charge is 2.24. The molecule has 1 aliphatic heterocycles. The minimum Gasteiger partial charge on any atom is -0.396 e. The summed E-state index contributed by atoms with van der Waals surface area (Å²) in [7, 11) is 0. The molecule has 0 spiro atoms. The van der Waals surface area contributed by atoms with Gasteiger partial charge in [-0.05, 0) is 38.1 Å². The Morgan fingerprint density at radius 3 is 2.72 bits per heavy atom. The second-order valence-corrected chi connectivity index (χ2v) is 5.80. The highest BCUT2D eigenvalue weighted by atomic mass is 16.3. The van der Waals surface area contributed by atoms with Gasteiger partial charge in [0.15, 0.2) is 0 Å². The molecule has 1 heterocycles. The van der Waals surface area contributed by atoms with Crippen molar-refractivity contribution >= 4 is 5.91 Å². The third-order valence-corrected chi connectivity index (χ3v) is 4.24. The Hall–Kier alpha value is -0.610. The summed E-state index contributed by atoms with van der Waals surface area (Å²) >= 11 is 0. The van der Waals surface area contributed by atoms with Crippen LogP contribution in [0.15, 0.2) is 0 Å². The molecule has 4 nitrogen and oxygen atoms in total. The van der Waals surface area contributed by atoms with Gasteiger partial charge in [-0.25, -0.2) is 0 Å². The summed E-state index contributed by atoms with van der Waals surface area (Å²) in [4.78, 5) is 14.2. The van der Waals surface area contributed by atoms with E-state index in [0.717, 1.165) is 38.8 Å². The molecule has 1 atom stereocenters. The Labute approximate surface area is 110 Å². The van der Waals surface area contributed by atoms with Gasteiger partial charge in [-0.1, -0.05) is 19.3 Å². The lowest BCUT2D eigenvalue weighted by Crippen LogP contribution is -2.42. The topological polar surface area (TPSA) is 52.6 Å². The molecule has 4 heteroatoms. The molecule has 1 amide bonds. The van der Waals surface area contributed by atoms with Gasteiger partial charge in [0.1, 0.15) is 0 Å². The van der Waals surface area contributed by atoms with Gasteiger partial charge >= 0.3 is 0 Å². The van der Waals surface area contributed by atoms with Crippen molar-refractivity contribution in [2.75, 3.05) is 26.2 Å². The number of hydrogen-bond acceptors (Lipinski definition) is 3. The molecule has 0 aromatic rings. The fourth-order valence-electron chi connectivity index (χ4n) is 3.20. The summed E-state index contributed by atoms with van der Waals surface area (Å²) in [6.45, 7) is 2.78. The van der Waals surface area contributed by atoms with Gasteiger partial charge in [0.25, 0.3) is 0 Å². The fraction of sp³-hybridized carbons (Fsp3) is 0.929. The second kappa shape index (κ2) is 7.10. The van der Waals surface area contributed by atoms with E-state index >= 15 is 0 Å². The fourth-order valence-corrected chi connectivity index (χ4v) is 3.20. The third-order valence-electron chi connectivity index (χ3n) is 4.24. The Morgan fingerprint density at radius 2 is 2.00 bits per heavy atom. The number of amides is 1. The molecule has 1 aliphatic carbocycles. The Kier molecular flexibility index (Phi) is 5.45. The maximum atomic E-state index is 11.9. The first-order valence-corrected chi connectivity index (χ1v) is 7.40. The van der Waals surface area contributed by atoms with Crippen LogP contribution in [-0.2, 0) is 4.79 Å². The van der Waals surface area contributed by atoms with Crippen LogP contribution >= 0.6 is 0 Å². The standard InChI is InChI=1S/C14H26N2O2/c17-9-7-12-6-8-16(10-12)11-14(18)15-13-4-2-1-3-5-13/h12-13,17H,1-11H2,(H,15,18). The van der Waals surface area contributed by atoms with Crippen LogP contribution in [0.1, 0.15) is 44.9 Å². The zero-order valence-electron chi connectivity index (χ0n) is 11.2. The number of nitrogens with zero attached hydrogens (tertiary/aromatic N) is 1. The lowest BCUT2D eigenvalue weighted by Gasteiger charge is -2.24. The zero-order chi connectivity index (χ0) is 12.8. The lowest BCUT2D eigenvalue weighted by atomic mass is 9.95. The number of rotatable bonds is 5. The van der Waals surface area contributed by atoms with Crippen molar-refractivity contribution in [1.82, 2.24) is 10.2 Å². The average molecular weight is 254 g/mol. The summed E-state index contributed by atoms with van der Waals surface area (Å²) < 4.78 is 0. The van der Waals surface area contributed by atoms with Crippen molar-refractivity contribution in [2.45, 2.75) is 51.0 Å². The summed E-state index contributed by atoms with van der Waals surface area (Å²) in [6.07, 6.45) is 8.14. The van der Waals surface area contributed by atoms with Crippen LogP contribution in [0.4, 0.5) is 0 Å². The van der Waals surface area contributed by atoms with Crippen molar-refractivity contribution in [2.24, 2.45) is 5.92 Å². The minimum atomic E-state index is 0.187. The number of carbonyl (C=O) groups excluding carboxylic acids is 1. The van der Waals surface area contributed by atoms with E-state index in [1.54, 1.807) is 0 Å². The molecule has 0 aromatic carbocycles. The van der Waals surface area contributed by atoms with E-state index in [-0.39, 0.29) is 12.5 Å². The molecule has 1 saturated heterocycles. The first kappa shape index (κ1) is 13.8. The van der Waals surface area contributed by atoms with Crippen LogP contribution < -0.4 is 5.32 Å². The second-order valence-electron chi connectivity index (χ2n) is 5.80. The Bertz CT molecular complexity index is 265. The van der Waals surface area contributed by atoms with Crippen LogP contribution in [0, 0.1) is 5.92 Å². The number of hydrogen-bond donors (Lipinski definition) is 2. The number of aliphatic hydroxyl groups excluding tert-OH is 1. The molecule has 2 aliphatic rings. The normalized spacial score (nSPS) is 26.4. The molecule has 0 aromatic heterocycles. The van der Waals surface area contributed by atoms with Gasteiger partial charge in [0, 0.05) is 19.2 Å². The molecule has 2 N–H and O–H groups in total. The molecule has 2 rings (SSSR count). The van der Waals surface area contributed by atoms with Gasteiger partial charge in [-0.3, -0.25) is 9.69 Å². The molecular weight excluding hydrogens is 228 g/mol.